The van der Waals surface area contributed by atoms with Gasteiger partial charge in [-0.2, -0.15) is 0 Å². The lowest BCUT2D eigenvalue weighted by atomic mass is 9.86. The number of benzene rings is 2. The zero-order chi connectivity index (χ0) is 16.9. The van der Waals surface area contributed by atoms with Gasteiger partial charge < -0.3 is 5.32 Å². The van der Waals surface area contributed by atoms with Crippen LogP contribution in [-0.2, 0) is 11.8 Å². The third-order valence-corrected chi connectivity index (χ3v) is 4.23. The van der Waals surface area contributed by atoms with Crippen LogP contribution in [0.1, 0.15) is 42.3 Å². The van der Waals surface area contributed by atoms with Crippen LogP contribution in [0, 0.1) is 0 Å². The molecule has 2 aromatic carbocycles. The van der Waals surface area contributed by atoms with E-state index in [0.717, 1.165) is 6.42 Å². The zero-order valence-corrected chi connectivity index (χ0v) is 14.7. The molecule has 0 spiro atoms. The topological polar surface area (TPSA) is 29.1 Å². The monoisotopic (exact) mass is 329 g/mol. The van der Waals surface area contributed by atoms with Crippen LogP contribution >= 0.6 is 11.6 Å². The largest absolute Gasteiger partial charge is 0.348 e. The fraction of sp³-hybridized carbons (Fsp3) is 0.350. The third kappa shape index (κ3) is 5.11. The first-order valence-electron chi connectivity index (χ1n) is 7.91. The fourth-order valence-electron chi connectivity index (χ4n) is 2.43. The molecule has 3 heteroatoms. The first kappa shape index (κ1) is 17.6. The summed E-state index contributed by atoms with van der Waals surface area (Å²) in [5, 5.41) is 3.02. The Kier molecular flexibility index (Phi) is 5.84. The van der Waals surface area contributed by atoms with Gasteiger partial charge in [0.25, 0.3) is 5.91 Å². The van der Waals surface area contributed by atoms with E-state index < -0.39 is 0 Å². The van der Waals surface area contributed by atoms with Crippen molar-refractivity contribution in [1.29, 1.82) is 0 Å². The van der Waals surface area contributed by atoms with Gasteiger partial charge >= 0.3 is 0 Å². The summed E-state index contributed by atoms with van der Waals surface area (Å²) >= 11 is 6.02. The van der Waals surface area contributed by atoms with Crippen LogP contribution in [0.2, 0.25) is 0 Å². The van der Waals surface area contributed by atoms with E-state index in [2.05, 4.69) is 26.1 Å². The Morgan fingerprint density at radius 2 is 1.65 bits per heavy atom. The van der Waals surface area contributed by atoms with Gasteiger partial charge in [0.2, 0.25) is 0 Å². The maximum Gasteiger partial charge on any atom is 0.251 e. The summed E-state index contributed by atoms with van der Waals surface area (Å²) in [6.07, 6.45) is 0.732. The standard InChI is InChI=1S/C20H24ClNO/c1-20(2,3)17-11-9-16(10-12-17)19(23)22-18(14-21)13-15-7-5-4-6-8-15/h4-12,18H,13-14H2,1-3H3,(H,22,23)/t18-/m0/s1. The summed E-state index contributed by atoms with van der Waals surface area (Å²) in [5.74, 6) is 0.313. The van der Waals surface area contributed by atoms with Crippen molar-refractivity contribution in [2.45, 2.75) is 38.6 Å². The van der Waals surface area contributed by atoms with E-state index in [0.29, 0.717) is 11.4 Å². The van der Waals surface area contributed by atoms with Crippen LogP contribution in [-0.4, -0.2) is 17.8 Å². The molecule has 0 radical (unpaired) electrons. The van der Waals surface area contributed by atoms with Gasteiger partial charge in [0, 0.05) is 17.5 Å². The smallest absolute Gasteiger partial charge is 0.251 e. The maximum atomic E-state index is 12.4. The average Bonchev–Trinajstić information content (AvgIpc) is 2.54. The Balaban J connectivity index is 2.02. The highest BCUT2D eigenvalue weighted by Gasteiger charge is 2.16. The summed E-state index contributed by atoms with van der Waals surface area (Å²) in [7, 11) is 0. The van der Waals surface area contributed by atoms with E-state index in [-0.39, 0.29) is 17.4 Å². The highest BCUT2D eigenvalue weighted by atomic mass is 35.5. The number of nitrogens with one attached hydrogen (secondary N) is 1. The summed E-state index contributed by atoms with van der Waals surface area (Å²) < 4.78 is 0. The van der Waals surface area contributed by atoms with Crippen molar-refractivity contribution >= 4 is 17.5 Å². The quantitative estimate of drug-likeness (QED) is 0.800. The molecule has 0 aliphatic rings. The van der Waals surface area contributed by atoms with Gasteiger partial charge in [-0.25, -0.2) is 0 Å². The molecule has 0 heterocycles. The molecule has 1 N–H and O–H groups in total. The minimum atomic E-state index is -0.0768. The van der Waals surface area contributed by atoms with E-state index in [4.69, 9.17) is 11.6 Å². The normalized spacial score (nSPS) is 12.7. The number of hydrogen-bond acceptors (Lipinski definition) is 1. The molecule has 122 valence electrons. The molecule has 1 atom stereocenters. The molecular formula is C20H24ClNO. The van der Waals surface area contributed by atoms with Crippen LogP contribution in [0.25, 0.3) is 0 Å². The van der Waals surface area contributed by atoms with Crippen LogP contribution in [0.4, 0.5) is 0 Å². The molecule has 0 saturated heterocycles. The predicted octanol–water partition coefficient (Wildman–Crippen LogP) is 4.56. The van der Waals surface area contributed by atoms with Gasteiger partial charge in [0.1, 0.15) is 0 Å². The fourth-order valence-corrected chi connectivity index (χ4v) is 2.62. The van der Waals surface area contributed by atoms with E-state index >= 15 is 0 Å². The van der Waals surface area contributed by atoms with Crippen LogP contribution in [0.3, 0.4) is 0 Å². The van der Waals surface area contributed by atoms with Gasteiger partial charge in [-0.3, -0.25) is 4.79 Å². The lowest BCUT2D eigenvalue weighted by molar-refractivity contribution is 0.0940. The third-order valence-electron chi connectivity index (χ3n) is 3.86. The molecule has 2 rings (SSSR count). The van der Waals surface area contributed by atoms with Crippen LogP contribution < -0.4 is 5.32 Å². The molecular weight excluding hydrogens is 306 g/mol. The van der Waals surface area contributed by atoms with Crippen LogP contribution in [0.15, 0.2) is 54.6 Å². The van der Waals surface area contributed by atoms with Crippen molar-refractivity contribution in [2.24, 2.45) is 0 Å². The first-order chi connectivity index (χ1) is 10.9. The Morgan fingerprint density at radius 3 is 2.17 bits per heavy atom. The number of rotatable bonds is 5. The molecule has 0 unspecified atom stereocenters. The average molecular weight is 330 g/mol. The second kappa shape index (κ2) is 7.65. The van der Waals surface area contributed by atoms with Crippen molar-refractivity contribution in [3.63, 3.8) is 0 Å². The summed E-state index contributed by atoms with van der Waals surface area (Å²) in [5.41, 5.74) is 3.14. The molecule has 0 fully saturated rings. The SMILES string of the molecule is CC(C)(C)c1ccc(C(=O)N[C@H](CCl)Cc2ccccc2)cc1. The predicted molar refractivity (Wildman–Crippen MR) is 97.3 cm³/mol. The Hall–Kier alpha value is -1.80. The van der Waals surface area contributed by atoms with Gasteiger partial charge in [0.15, 0.2) is 0 Å². The highest BCUT2D eigenvalue weighted by Crippen LogP contribution is 2.22. The molecule has 23 heavy (non-hydrogen) atoms. The van der Waals surface area contributed by atoms with Gasteiger partial charge in [-0.1, -0.05) is 63.2 Å². The maximum absolute atomic E-state index is 12.4. The van der Waals surface area contributed by atoms with Gasteiger partial charge in [-0.15, -0.1) is 11.6 Å². The second-order valence-corrected chi connectivity index (χ2v) is 7.15. The molecule has 0 aliphatic heterocycles. The molecule has 1 amide bonds. The summed E-state index contributed by atoms with van der Waals surface area (Å²) in [6.45, 7) is 6.47. The summed E-state index contributed by atoms with van der Waals surface area (Å²) in [4.78, 5) is 12.4. The number of alkyl halides is 1. The number of hydrogen-bond donors (Lipinski definition) is 1. The Bertz CT molecular complexity index is 629. The first-order valence-corrected chi connectivity index (χ1v) is 8.45. The highest BCUT2D eigenvalue weighted by molar-refractivity contribution is 6.18. The number of carbonyl (C=O) groups is 1. The molecule has 0 saturated carbocycles. The van der Waals surface area contributed by atoms with Gasteiger partial charge in [-0.05, 0) is 35.1 Å². The second-order valence-electron chi connectivity index (χ2n) is 6.84. The minimum Gasteiger partial charge on any atom is -0.348 e. The molecule has 0 aromatic heterocycles. The van der Waals surface area contributed by atoms with Crippen LogP contribution in [0.5, 0.6) is 0 Å². The van der Waals surface area contributed by atoms with Crippen molar-refractivity contribution in [3.05, 3.63) is 71.3 Å². The Morgan fingerprint density at radius 1 is 1.04 bits per heavy atom. The van der Waals surface area contributed by atoms with E-state index in [9.17, 15) is 4.79 Å². The number of amides is 1. The van der Waals surface area contributed by atoms with E-state index in [1.165, 1.54) is 11.1 Å². The van der Waals surface area contributed by atoms with Gasteiger partial charge in [0.05, 0.1) is 0 Å². The summed E-state index contributed by atoms with van der Waals surface area (Å²) in [6, 6.07) is 17.8. The zero-order valence-electron chi connectivity index (χ0n) is 14.0. The number of halogens is 1. The molecule has 0 bridgehead atoms. The van der Waals surface area contributed by atoms with E-state index in [1.807, 2.05) is 54.6 Å². The van der Waals surface area contributed by atoms with E-state index in [1.54, 1.807) is 0 Å². The molecule has 2 nitrogen and oxygen atoms in total. The van der Waals surface area contributed by atoms with Crippen molar-refractivity contribution in [1.82, 2.24) is 5.32 Å². The Labute approximate surface area is 143 Å². The molecule has 0 aliphatic carbocycles. The number of carbonyl (C=O) groups excluding carboxylic acids is 1. The van der Waals surface area contributed by atoms with Crippen molar-refractivity contribution in [3.8, 4) is 0 Å². The van der Waals surface area contributed by atoms with Crippen molar-refractivity contribution < 1.29 is 4.79 Å². The lowest BCUT2D eigenvalue weighted by Crippen LogP contribution is -2.37. The molecule has 2 aromatic rings. The van der Waals surface area contributed by atoms with Crippen molar-refractivity contribution in [2.75, 3.05) is 5.88 Å². The minimum absolute atomic E-state index is 0.0751. The lowest BCUT2D eigenvalue weighted by Gasteiger charge is -2.20.